The summed E-state index contributed by atoms with van der Waals surface area (Å²) in [6.07, 6.45) is 0. The number of anilines is 2. The van der Waals surface area contributed by atoms with Gasteiger partial charge in [-0.15, -0.1) is 0 Å². The van der Waals surface area contributed by atoms with Crippen LogP contribution in [0.3, 0.4) is 0 Å². The van der Waals surface area contributed by atoms with E-state index in [9.17, 15) is 4.79 Å². The number of amides is 1. The number of nitriles is 1. The van der Waals surface area contributed by atoms with Gasteiger partial charge in [-0.2, -0.15) is 5.26 Å². The standard InChI is InChI=1S/C15H11BrClN3O/c16-11-5-6-13(10(7-11)8-18)19-9-15(21)20-14-4-2-1-3-12(14)17/h1-7,19H,9H2,(H,20,21). The SMILES string of the molecule is N#Cc1cc(Br)ccc1NCC(=O)Nc1ccccc1Cl. The minimum atomic E-state index is -0.241. The molecular weight excluding hydrogens is 354 g/mol. The Bertz CT molecular complexity index is 712. The Morgan fingerprint density at radius 3 is 2.71 bits per heavy atom. The topological polar surface area (TPSA) is 64.9 Å². The van der Waals surface area contributed by atoms with Crippen LogP contribution in [0.2, 0.25) is 5.02 Å². The fourth-order valence-corrected chi connectivity index (χ4v) is 2.24. The molecule has 4 nitrogen and oxygen atoms in total. The third-order valence-corrected chi connectivity index (χ3v) is 3.51. The van der Waals surface area contributed by atoms with E-state index in [1.807, 2.05) is 0 Å². The number of rotatable bonds is 4. The van der Waals surface area contributed by atoms with Gasteiger partial charge in [0.25, 0.3) is 0 Å². The van der Waals surface area contributed by atoms with Gasteiger partial charge in [0.1, 0.15) is 6.07 Å². The van der Waals surface area contributed by atoms with Crippen LogP contribution < -0.4 is 10.6 Å². The number of nitrogens with one attached hydrogen (secondary N) is 2. The highest BCUT2D eigenvalue weighted by atomic mass is 79.9. The van der Waals surface area contributed by atoms with E-state index < -0.39 is 0 Å². The molecule has 0 aliphatic carbocycles. The predicted octanol–water partition coefficient (Wildman–Crippen LogP) is 4.02. The van der Waals surface area contributed by atoms with Crippen LogP contribution in [0.1, 0.15) is 5.56 Å². The first-order chi connectivity index (χ1) is 10.1. The number of carbonyl (C=O) groups is 1. The molecule has 0 heterocycles. The lowest BCUT2D eigenvalue weighted by Gasteiger charge is -2.10. The van der Waals surface area contributed by atoms with E-state index in [-0.39, 0.29) is 12.5 Å². The molecule has 0 aliphatic rings. The van der Waals surface area contributed by atoms with Crippen LogP contribution in [0, 0.1) is 11.3 Å². The predicted molar refractivity (Wildman–Crippen MR) is 87.4 cm³/mol. The Labute approximate surface area is 135 Å². The zero-order valence-electron chi connectivity index (χ0n) is 10.9. The van der Waals surface area contributed by atoms with Crippen molar-refractivity contribution in [3.63, 3.8) is 0 Å². The summed E-state index contributed by atoms with van der Waals surface area (Å²) in [4.78, 5) is 11.9. The van der Waals surface area contributed by atoms with E-state index in [0.717, 1.165) is 4.47 Å². The van der Waals surface area contributed by atoms with Crippen molar-refractivity contribution in [3.8, 4) is 6.07 Å². The van der Waals surface area contributed by atoms with Gasteiger partial charge in [0, 0.05) is 4.47 Å². The highest BCUT2D eigenvalue weighted by Crippen LogP contribution is 2.21. The average molecular weight is 365 g/mol. The van der Waals surface area contributed by atoms with E-state index in [0.29, 0.717) is 22.0 Å². The van der Waals surface area contributed by atoms with Gasteiger partial charge in [0.2, 0.25) is 5.91 Å². The monoisotopic (exact) mass is 363 g/mol. The van der Waals surface area contributed by atoms with Crippen molar-refractivity contribution in [1.29, 1.82) is 5.26 Å². The summed E-state index contributed by atoms with van der Waals surface area (Å²) in [5.41, 5.74) is 1.63. The Balaban J connectivity index is 1.99. The van der Waals surface area contributed by atoms with Crippen molar-refractivity contribution >= 4 is 44.8 Å². The molecule has 2 rings (SSSR count). The van der Waals surface area contributed by atoms with Crippen molar-refractivity contribution in [1.82, 2.24) is 0 Å². The number of benzene rings is 2. The number of hydrogen-bond donors (Lipinski definition) is 2. The van der Waals surface area contributed by atoms with Crippen LogP contribution in [0.15, 0.2) is 46.9 Å². The molecule has 0 saturated heterocycles. The van der Waals surface area contributed by atoms with E-state index in [1.54, 1.807) is 42.5 Å². The van der Waals surface area contributed by atoms with Gasteiger partial charge in [0.15, 0.2) is 0 Å². The number of hydrogen-bond acceptors (Lipinski definition) is 3. The second-order valence-electron chi connectivity index (χ2n) is 4.18. The molecule has 0 radical (unpaired) electrons. The van der Waals surface area contributed by atoms with E-state index in [4.69, 9.17) is 16.9 Å². The van der Waals surface area contributed by atoms with Gasteiger partial charge in [-0.3, -0.25) is 4.79 Å². The first-order valence-corrected chi connectivity index (χ1v) is 7.25. The Morgan fingerprint density at radius 1 is 1.24 bits per heavy atom. The first kappa shape index (κ1) is 15.4. The van der Waals surface area contributed by atoms with Crippen LogP contribution >= 0.6 is 27.5 Å². The summed E-state index contributed by atoms with van der Waals surface area (Å²) in [5, 5.41) is 15.2. The highest BCUT2D eigenvalue weighted by molar-refractivity contribution is 9.10. The van der Waals surface area contributed by atoms with Gasteiger partial charge in [0.05, 0.1) is 28.5 Å². The molecule has 0 fully saturated rings. The third-order valence-electron chi connectivity index (χ3n) is 2.69. The second kappa shape index (κ2) is 7.11. The van der Waals surface area contributed by atoms with Gasteiger partial charge >= 0.3 is 0 Å². The summed E-state index contributed by atoms with van der Waals surface area (Å²) in [6, 6.07) is 14.3. The van der Waals surface area contributed by atoms with Crippen molar-refractivity contribution in [3.05, 3.63) is 57.5 Å². The third kappa shape index (κ3) is 4.22. The molecule has 0 aromatic heterocycles. The minimum absolute atomic E-state index is 0.0432. The van der Waals surface area contributed by atoms with Crippen molar-refractivity contribution in [2.45, 2.75) is 0 Å². The molecule has 0 aliphatic heterocycles. The van der Waals surface area contributed by atoms with Crippen LogP contribution in [0.5, 0.6) is 0 Å². The van der Waals surface area contributed by atoms with Crippen molar-refractivity contribution < 1.29 is 4.79 Å². The molecule has 106 valence electrons. The van der Waals surface area contributed by atoms with Crippen LogP contribution in [0.4, 0.5) is 11.4 Å². The van der Waals surface area contributed by atoms with Crippen LogP contribution in [0.25, 0.3) is 0 Å². The molecule has 2 aromatic carbocycles. The summed E-state index contributed by atoms with van der Waals surface area (Å²) in [7, 11) is 0. The molecule has 6 heteroatoms. The minimum Gasteiger partial charge on any atom is -0.375 e. The smallest absolute Gasteiger partial charge is 0.243 e. The lowest BCUT2D eigenvalue weighted by atomic mass is 10.2. The summed E-state index contributed by atoms with van der Waals surface area (Å²) < 4.78 is 0.810. The molecule has 2 aromatic rings. The lowest BCUT2D eigenvalue weighted by Crippen LogP contribution is -2.22. The quantitative estimate of drug-likeness (QED) is 0.861. The van der Waals surface area contributed by atoms with E-state index in [1.165, 1.54) is 0 Å². The Kier molecular flexibility index (Phi) is 5.20. The number of halogens is 2. The normalized spacial score (nSPS) is 9.76. The maximum Gasteiger partial charge on any atom is 0.243 e. The van der Waals surface area contributed by atoms with Crippen molar-refractivity contribution in [2.75, 3.05) is 17.2 Å². The Hall–Kier alpha value is -2.03. The maximum absolute atomic E-state index is 11.9. The van der Waals surface area contributed by atoms with E-state index in [2.05, 4.69) is 32.6 Å². The molecule has 0 saturated carbocycles. The average Bonchev–Trinajstić information content (AvgIpc) is 2.48. The molecule has 0 spiro atoms. The summed E-state index contributed by atoms with van der Waals surface area (Å²) in [6.45, 7) is 0.0432. The molecular formula is C15H11BrClN3O. The molecule has 2 N–H and O–H groups in total. The largest absolute Gasteiger partial charge is 0.375 e. The summed E-state index contributed by atoms with van der Waals surface area (Å²) in [5.74, 6) is -0.241. The number of carbonyl (C=O) groups excluding carboxylic acids is 1. The van der Waals surface area contributed by atoms with Gasteiger partial charge in [-0.05, 0) is 30.3 Å². The molecule has 0 bridgehead atoms. The number of para-hydroxylation sites is 1. The van der Waals surface area contributed by atoms with Crippen LogP contribution in [-0.2, 0) is 4.79 Å². The highest BCUT2D eigenvalue weighted by Gasteiger charge is 2.07. The Morgan fingerprint density at radius 2 is 2.00 bits per heavy atom. The first-order valence-electron chi connectivity index (χ1n) is 6.08. The lowest BCUT2D eigenvalue weighted by molar-refractivity contribution is -0.114. The summed E-state index contributed by atoms with van der Waals surface area (Å²) >= 11 is 9.26. The van der Waals surface area contributed by atoms with Gasteiger partial charge in [-0.1, -0.05) is 39.7 Å². The molecule has 1 amide bonds. The van der Waals surface area contributed by atoms with E-state index >= 15 is 0 Å². The zero-order chi connectivity index (χ0) is 15.2. The molecule has 0 unspecified atom stereocenters. The fraction of sp³-hybridized carbons (Fsp3) is 0.0667. The molecule has 21 heavy (non-hydrogen) atoms. The zero-order valence-corrected chi connectivity index (χ0v) is 13.2. The second-order valence-corrected chi connectivity index (χ2v) is 5.51. The van der Waals surface area contributed by atoms with Gasteiger partial charge < -0.3 is 10.6 Å². The molecule has 0 atom stereocenters. The number of nitrogens with zero attached hydrogens (tertiary/aromatic N) is 1. The van der Waals surface area contributed by atoms with Gasteiger partial charge in [-0.25, -0.2) is 0 Å². The maximum atomic E-state index is 11.9. The van der Waals surface area contributed by atoms with Crippen LogP contribution in [-0.4, -0.2) is 12.5 Å². The van der Waals surface area contributed by atoms with Crippen molar-refractivity contribution in [2.24, 2.45) is 0 Å². The fourth-order valence-electron chi connectivity index (χ4n) is 1.70.